The zero-order valence-electron chi connectivity index (χ0n) is 9.74. The molecule has 4 nitrogen and oxygen atoms in total. The Bertz CT molecular complexity index is 314. The summed E-state index contributed by atoms with van der Waals surface area (Å²) in [7, 11) is 0. The number of rotatable bonds is 4. The summed E-state index contributed by atoms with van der Waals surface area (Å²) >= 11 is 12.7. The maximum absolute atomic E-state index is 11.8. The number of nitrogens with zero attached hydrogens (tertiary/aromatic N) is 1. The lowest BCUT2D eigenvalue weighted by molar-refractivity contribution is -0.145. The van der Waals surface area contributed by atoms with Gasteiger partial charge in [-0.2, -0.15) is 0 Å². The Hall–Kier alpha value is -0.130. The molecule has 1 amide bonds. The van der Waals surface area contributed by atoms with Gasteiger partial charge < -0.3 is 9.64 Å². The van der Waals surface area contributed by atoms with Crippen molar-refractivity contribution in [1.82, 2.24) is 4.90 Å². The fourth-order valence-corrected chi connectivity index (χ4v) is 3.26. The second-order valence-electron chi connectivity index (χ2n) is 3.80. The van der Waals surface area contributed by atoms with Crippen molar-refractivity contribution >= 4 is 46.8 Å². The van der Waals surface area contributed by atoms with Crippen LogP contribution in [0.1, 0.15) is 20.3 Å². The average molecular weight is 300 g/mol. The van der Waals surface area contributed by atoms with Crippen molar-refractivity contribution in [1.29, 1.82) is 0 Å². The molecule has 1 rings (SSSR count). The zero-order valence-corrected chi connectivity index (χ0v) is 12.1. The molecular formula is C10H15Cl2NO3S. The van der Waals surface area contributed by atoms with E-state index in [1.165, 1.54) is 11.8 Å². The van der Waals surface area contributed by atoms with E-state index in [4.69, 9.17) is 27.9 Å². The average Bonchev–Trinajstić information content (AvgIpc) is 2.58. The molecule has 1 aliphatic heterocycles. The number of carbonyl (C=O) groups excluding carboxylic acids is 2. The van der Waals surface area contributed by atoms with Crippen molar-refractivity contribution < 1.29 is 14.3 Å². The van der Waals surface area contributed by atoms with Crippen molar-refractivity contribution in [3.8, 4) is 0 Å². The number of alkyl halides is 2. The first kappa shape index (κ1) is 14.9. The SMILES string of the molecule is CCOC(=O)CC1(C)SCCN1C(=O)C(Cl)Cl. The quantitative estimate of drug-likeness (QED) is 0.589. The summed E-state index contributed by atoms with van der Waals surface area (Å²) in [4.78, 5) is 23.2. The molecule has 1 saturated heterocycles. The van der Waals surface area contributed by atoms with Crippen molar-refractivity contribution in [2.45, 2.75) is 30.0 Å². The second kappa shape index (κ2) is 6.16. The van der Waals surface area contributed by atoms with Gasteiger partial charge in [0.1, 0.15) is 0 Å². The fourth-order valence-electron chi connectivity index (χ4n) is 1.76. The van der Waals surface area contributed by atoms with Gasteiger partial charge in [0.25, 0.3) is 5.91 Å². The number of hydrogen-bond acceptors (Lipinski definition) is 4. The Kier molecular flexibility index (Phi) is 5.41. The molecule has 17 heavy (non-hydrogen) atoms. The van der Waals surface area contributed by atoms with E-state index in [0.29, 0.717) is 13.2 Å². The molecule has 1 fully saturated rings. The lowest BCUT2D eigenvalue weighted by Gasteiger charge is -2.33. The summed E-state index contributed by atoms with van der Waals surface area (Å²) in [5.41, 5.74) is 0. The summed E-state index contributed by atoms with van der Waals surface area (Å²) in [6.07, 6.45) is 0.151. The third kappa shape index (κ3) is 3.66. The van der Waals surface area contributed by atoms with Crippen LogP contribution in [0.3, 0.4) is 0 Å². The van der Waals surface area contributed by atoms with Crippen LogP contribution in [0, 0.1) is 0 Å². The minimum absolute atomic E-state index is 0.151. The lowest BCUT2D eigenvalue weighted by Crippen LogP contribution is -2.47. The molecule has 98 valence electrons. The monoisotopic (exact) mass is 299 g/mol. The van der Waals surface area contributed by atoms with Crippen LogP contribution in [0.2, 0.25) is 0 Å². The summed E-state index contributed by atoms with van der Waals surface area (Å²) < 4.78 is 4.90. The number of halogens is 2. The molecule has 0 aliphatic carbocycles. The van der Waals surface area contributed by atoms with Crippen molar-refractivity contribution in [2.75, 3.05) is 18.9 Å². The van der Waals surface area contributed by atoms with Gasteiger partial charge in [-0.3, -0.25) is 9.59 Å². The predicted molar refractivity (Wildman–Crippen MR) is 69.3 cm³/mol. The molecule has 1 atom stereocenters. The molecule has 1 heterocycles. The fraction of sp³-hybridized carbons (Fsp3) is 0.800. The van der Waals surface area contributed by atoms with Gasteiger partial charge in [-0.25, -0.2) is 0 Å². The number of amides is 1. The highest BCUT2D eigenvalue weighted by molar-refractivity contribution is 8.00. The molecule has 0 bridgehead atoms. The maximum atomic E-state index is 11.8. The van der Waals surface area contributed by atoms with Gasteiger partial charge in [-0.05, 0) is 13.8 Å². The van der Waals surface area contributed by atoms with E-state index >= 15 is 0 Å². The molecular weight excluding hydrogens is 285 g/mol. The van der Waals surface area contributed by atoms with Crippen LogP contribution in [0.25, 0.3) is 0 Å². The first-order valence-electron chi connectivity index (χ1n) is 5.30. The summed E-state index contributed by atoms with van der Waals surface area (Å²) in [5.74, 6) is 0.0929. The van der Waals surface area contributed by atoms with E-state index in [1.807, 2.05) is 6.92 Å². The minimum Gasteiger partial charge on any atom is -0.466 e. The van der Waals surface area contributed by atoms with Crippen LogP contribution in [0.4, 0.5) is 0 Å². The first-order chi connectivity index (χ1) is 7.90. The summed E-state index contributed by atoms with van der Waals surface area (Å²) in [6, 6.07) is 0. The Balaban J connectivity index is 2.72. The maximum Gasteiger partial charge on any atom is 0.309 e. The highest BCUT2D eigenvalue weighted by Gasteiger charge is 2.43. The molecule has 1 unspecified atom stereocenters. The Morgan fingerprint density at radius 3 is 2.71 bits per heavy atom. The predicted octanol–water partition coefficient (Wildman–Crippen LogP) is 2.03. The van der Waals surface area contributed by atoms with E-state index < -0.39 is 9.71 Å². The molecule has 0 aromatic rings. The van der Waals surface area contributed by atoms with Gasteiger partial charge in [0.05, 0.1) is 17.9 Å². The zero-order chi connectivity index (χ0) is 13.1. The molecule has 0 N–H and O–H groups in total. The van der Waals surface area contributed by atoms with Gasteiger partial charge in [-0.15, -0.1) is 11.8 Å². The van der Waals surface area contributed by atoms with E-state index in [-0.39, 0.29) is 18.3 Å². The van der Waals surface area contributed by atoms with Gasteiger partial charge in [0.15, 0.2) is 4.84 Å². The number of esters is 1. The van der Waals surface area contributed by atoms with Crippen LogP contribution in [0.5, 0.6) is 0 Å². The molecule has 0 saturated carbocycles. The molecule has 0 radical (unpaired) electrons. The van der Waals surface area contributed by atoms with Crippen molar-refractivity contribution in [3.63, 3.8) is 0 Å². The smallest absolute Gasteiger partial charge is 0.309 e. The first-order valence-corrected chi connectivity index (χ1v) is 7.16. The number of ether oxygens (including phenoxy) is 1. The van der Waals surface area contributed by atoms with Gasteiger partial charge in [-0.1, -0.05) is 23.2 Å². The van der Waals surface area contributed by atoms with E-state index in [0.717, 1.165) is 5.75 Å². The van der Waals surface area contributed by atoms with Gasteiger partial charge in [0.2, 0.25) is 0 Å². The molecule has 7 heteroatoms. The van der Waals surface area contributed by atoms with Crippen molar-refractivity contribution in [3.05, 3.63) is 0 Å². The van der Waals surface area contributed by atoms with Crippen LogP contribution in [-0.2, 0) is 14.3 Å². The Morgan fingerprint density at radius 1 is 1.53 bits per heavy atom. The van der Waals surface area contributed by atoms with Crippen molar-refractivity contribution in [2.24, 2.45) is 0 Å². The van der Waals surface area contributed by atoms with E-state index in [1.54, 1.807) is 11.8 Å². The third-order valence-electron chi connectivity index (χ3n) is 2.53. The molecule has 0 aromatic carbocycles. The standard InChI is InChI=1S/C10H15Cl2NO3S/c1-3-16-7(14)6-10(2)13(4-5-17-10)9(15)8(11)12/h8H,3-6H2,1-2H3. The van der Waals surface area contributed by atoms with Crippen LogP contribution < -0.4 is 0 Å². The number of thioether (sulfide) groups is 1. The van der Waals surface area contributed by atoms with Gasteiger partial charge in [0, 0.05) is 12.3 Å². The number of hydrogen-bond donors (Lipinski definition) is 0. The largest absolute Gasteiger partial charge is 0.466 e. The minimum atomic E-state index is -1.09. The summed E-state index contributed by atoms with van der Waals surface area (Å²) in [5, 5.41) is 0. The highest BCUT2D eigenvalue weighted by Crippen LogP contribution is 2.39. The Morgan fingerprint density at radius 2 is 2.18 bits per heavy atom. The lowest BCUT2D eigenvalue weighted by atomic mass is 10.2. The number of carbonyl (C=O) groups is 2. The topological polar surface area (TPSA) is 46.6 Å². The molecule has 0 spiro atoms. The summed E-state index contributed by atoms with van der Waals surface area (Å²) in [6.45, 7) is 4.46. The Labute approximate surface area is 115 Å². The van der Waals surface area contributed by atoms with Crippen LogP contribution in [0.15, 0.2) is 0 Å². The van der Waals surface area contributed by atoms with Crippen LogP contribution >= 0.6 is 35.0 Å². The normalized spacial score (nSPS) is 24.2. The highest BCUT2D eigenvalue weighted by atomic mass is 35.5. The van der Waals surface area contributed by atoms with E-state index in [9.17, 15) is 9.59 Å². The van der Waals surface area contributed by atoms with Crippen LogP contribution in [-0.4, -0.2) is 45.4 Å². The third-order valence-corrected chi connectivity index (χ3v) is 4.28. The van der Waals surface area contributed by atoms with Gasteiger partial charge >= 0.3 is 5.97 Å². The van der Waals surface area contributed by atoms with E-state index in [2.05, 4.69) is 0 Å². The molecule has 1 aliphatic rings. The second-order valence-corrected chi connectivity index (χ2v) is 6.47. The molecule has 0 aromatic heterocycles.